The summed E-state index contributed by atoms with van der Waals surface area (Å²) in [6.45, 7) is 10.5. The van der Waals surface area contributed by atoms with Crippen LogP contribution in [0.1, 0.15) is 43.6 Å². The predicted octanol–water partition coefficient (Wildman–Crippen LogP) is 3.08. The number of halogens is 1. The molecular formula is C22H35IN6O2. The van der Waals surface area contributed by atoms with Gasteiger partial charge in [-0.15, -0.1) is 34.2 Å². The van der Waals surface area contributed by atoms with E-state index in [0.29, 0.717) is 13.2 Å². The Labute approximate surface area is 202 Å². The van der Waals surface area contributed by atoms with Gasteiger partial charge >= 0.3 is 0 Å². The average Bonchev–Trinajstić information content (AvgIpc) is 3.43. The lowest BCUT2D eigenvalue weighted by Crippen LogP contribution is -2.39. The highest BCUT2D eigenvalue weighted by molar-refractivity contribution is 14.0. The third-order valence-electron chi connectivity index (χ3n) is 5.08. The van der Waals surface area contributed by atoms with Gasteiger partial charge in [-0.3, -0.25) is 0 Å². The first kappa shape index (κ1) is 25.4. The van der Waals surface area contributed by atoms with Crippen LogP contribution in [0.4, 0.5) is 0 Å². The number of hydrogen-bond donors (Lipinski definition) is 2. The lowest BCUT2D eigenvalue weighted by molar-refractivity contribution is 0.0676. The number of aromatic nitrogens is 3. The molecule has 1 atom stereocenters. The van der Waals surface area contributed by atoms with Crippen LogP contribution < -0.4 is 15.4 Å². The van der Waals surface area contributed by atoms with E-state index in [-0.39, 0.29) is 30.1 Å². The summed E-state index contributed by atoms with van der Waals surface area (Å²) in [4.78, 5) is 4.76. The quantitative estimate of drug-likeness (QED) is 0.273. The Balaban J connectivity index is 0.00000341. The molecule has 8 nitrogen and oxygen atoms in total. The van der Waals surface area contributed by atoms with Gasteiger partial charge in [0, 0.05) is 38.2 Å². The molecule has 172 valence electrons. The first-order valence-electron chi connectivity index (χ1n) is 10.9. The number of nitrogens with one attached hydrogen (secondary N) is 2. The number of hydrogen-bond acceptors (Lipinski definition) is 5. The molecule has 1 aliphatic rings. The Morgan fingerprint density at radius 1 is 1.32 bits per heavy atom. The van der Waals surface area contributed by atoms with Crippen molar-refractivity contribution in [3.05, 3.63) is 41.5 Å². The lowest BCUT2D eigenvalue weighted by atomic mass is 10.1. The molecule has 1 fully saturated rings. The van der Waals surface area contributed by atoms with E-state index < -0.39 is 0 Å². The molecule has 1 saturated heterocycles. The van der Waals surface area contributed by atoms with Gasteiger partial charge in [0.15, 0.2) is 5.96 Å². The fourth-order valence-corrected chi connectivity index (χ4v) is 3.43. The zero-order valence-corrected chi connectivity index (χ0v) is 21.1. The minimum atomic E-state index is 0. The smallest absolute Gasteiger partial charge is 0.191 e. The van der Waals surface area contributed by atoms with Gasteiger partial charge in [0.1, 0.15) is 24.5 Å². The van der Waals surface area contributed by atoms with Crippen molar-refractivity contribution in [2.75, 3.05) is 26.3 Å². The van der Waals surface area contributed by atoms with Crippen LogP contribution in [0.15, 0.2) is 29.5 Å². The molecule has 0 bridgehead atoms. The third-order valence-corrected chi connectivity index (χ3v) is 5.08. The molecule has 0 aliphatic carbocycles. The van der Waals surface area contributed by atoms with Gasteiger partial charge in [-0.1, -0.05) is 19.1 Å². The highest BCUT2D eigenvalue weighted by Crippen LogP contribution is 2.23. The minimum Gasteiger partial charge on any atom is -0.491 e. The van der Waals surface area contributed by atoms with Crippen LogP contribution in [0.3, 0.4) is 0 Å². The Bertz CT molecular complexity index is 820. The van der Waals surface area contributed by atoms with Gasteiger partial charge in [-0.05, 0) is 38.3 Å². The van der Waals surface area contributed by atoms with Crippen molar-refractivity contribution in [3.63, 3.8) is 0 Å². The second kappa shape index (κ2) is 13.5. The van der Waals surface area contributed by atoms with Gasteiger partial charge in [0.2, 0.25) is 0 Å². The predicted molar refractivity (Wildman–Crippen MR) is 133 cm³/mol. The van der Waals surface area contributed by atoms with Gasteiger partial charge in [0.05, 0.1) is 12.6 Å². The van der Waals surface area contributed by atoms with Crippen LogP contribution in [0.25, 0.3) is 0 Å². The van der Waals surface area contributed by atoms with Gasteiger partial charge in [-0.25, -0.2) is 4.99 Å². The van der Waals surface area contributed by atoms with Crippen LogP contribution in [0.5, 0.6) is 5.75 Å². The number of aryl methyl sites for hydroxylation is 2. The van der Waals surface area contributed by atoms with Crippen molar-refractivity contribution in [1.29, 1.82) is 0 Å². The summed E-state index contributed by atoms with van der Waals surface area (Å²) in [7, 11) is 0. The van der Waals surface area contributed by atoms with Crippen molar-refractivity contribution in [2.45, 2.75) is 59.2 Å². The Morgan fingerprint density at radius 2 is 2.19 bits per heavy atom. The number of nitrogens with zero attached hydrogens (tertiary/aromatic N) is 4. The first-order chi connectivity index (χ1) is 14.7. The topological polar surface area (TPSA) is 85.6 Å². The fourth-order valence-electron chi connectivity index (χ4n) is 3.43. The molecule has 0 saturated carbocycles. The van der Waals surface area contributed by atoms with E-state index >= 15 is 0 Å². The van der Waals surface area contributed by atoms with Crippen LogP contribution in [0, 0.1) is 6.92 Å². The molecule has 2 N–H and O–H groups in total. The largest absolute Gasteiger partial charge is 0.491 e. The monoisotopic (exact) mass is 542 g/mol. The summed E-state index contributed by atoms with van der Waals surface area (Å²) < 4.78 is 13.8. The number of rotatable bonds is 10. The summed E-state index contributed by atoms with van der Waals surface area (Å²) in [5.74, 6) is 2.67. The molecule has 31 heavy (non-hydrogen) atoms. The highest BCUT2D eigenvalue weighted by Gasteiger charge is 2.17. The minimum absolute atomic E-state index is 0. The average molecular weight is 542 g/mol. The van der Waals surface area contributed by atoms with E-state index in [2.05, 4.69) is 64.4 Å². The molecular weight excluding hydrogens is 507 g/mol. The van der Waals surface area contributed by atoms with Crippen LogP contribution in [-0.4, -0.2) is 53.1 Å². The van der Waals surface area contributed by atoms with Crippen molar-refractivity contribution >= 4 is 29.9 Å². The number of benzene rings is 1. The molecule has 1 unspecified atom stereocenters. The van der Waals surface area contributed by atoms with E-state index in [1.807, 2.05) is 0 Å². The normalized spacial score (nSPS) is 16.1. The molecule has 0 radical (unpaired) electrons. The SMILES string of the molecule is CCNC(=NCc1ccc(C)cc1OCC1CCCO1)NCCn1cnnc1CC.I. The molecule has 3 rings (SSSR count). The van der Waals surface area contributed by atoms with E-state index in [1.54, 1.807) is 6.33 Å². The Morgan fingerprint density at radius 3 is 2.94 bits per heavy atom. The molecule has 2 heterocycles. The zero-order chi connectivity index (χ0) is 21.2. The van der Waals surface area contributed by atoms with E-state index in [4.69, 9.17) is 14.5 Å². The molecule has 1 aromatic carbocycles. The molecule has 0 amide bonds. The maximum absolute atomic E-state index is 6.10. The standard InChI is InChI=1S/C22H34N6O2.HI/c1-4-21-27-26-16-28(21)11-10-24-22(23-5-2)25-14-18-9-8-17(3)13-20(18)30-15-19-7-6-12-29-19;/h8-9,13,16,19H,4-7,10-12,14-15H2,1-3H3,(H2,23,24,25);1H. The molecule has 1 aromatic heterocycles. The van der Waals surface area contributed by atoms with Crippen molar-refractivity contribution in [2.24, 2.45) is 4.99 Å². The lowest BCUT2D eigenvalue weighted by Gasteiger charge is -2.16. The maximum Gasteiger partial charge on any atom is 0.191 e. The molecule has 1 aliphatic heterocycles. The number of ether oxygens (including phenoxy) is 2. The van der Waals surface area contributed by atoms with Crippen LogP contribution >= 0.6 is 24.0 Å². The van der Waals surface area contributed by atoms with Gasteiger partial charge < -0.3 is 24.7 Å². The maximum atomic E-state index is 6.10. The summed E-state index contributed by atoms with van der Waals surface area (Å²) in [6, 6.07) is 6.28. The van der Waals surface area contributed by atoms with Gasteiger partial charge in [-0.2, -0.15) is 0 Å². The third kappa shape index (κ3) is 7.95. The summed E-state index contributed by atoms with van der Waals surface area (Å²) in [5.41, 5.74) is 2.25. The van der Waals surface area contributed by atoms with Crippen molar-refractivity contribution in [1.82, 2.24) is 25.4 Å². The second-order valence-electron chi connectivity index (χ2n) is 7.47. The van der Waals surface area contributed by atoms with Crippen LogP contribution in [-0.2, 0) is 24.2 Å². The van der Waals surface area contributed by atoms with Crippen molar-refractivity contribution in [3.8, 4) is 5.75 Å². The van der Waals surface area contributed by atoms with E-state index in [9.17, 15) is 0 Å². The number of aliphatic imine (C=N–C) groups is 1. The summed E-state index contributed by atoms with van der Waals surface area (Å²) in [5, 5.41) is 14.8. The first-order valence-corrected chi connectivity index (χ1v) is 10.9. The fraction of sp³-hybridized carbons (Fsp3) is 0.591. The highest BCUT2D eigenvalue weighted by atomic mass is 127. The summed E-state index contributed by atoms with van der Waals surface area (Å²) in [6.07, 6.45) is 5.03. The summed E-state index contributed by atoms with van der Waals surface area (Å²) >= 11 is 0. The second-order valence-corrected chi connectivity index (χ2v) is 7.47. The molecule has 2 aromatic rings. The zero-order valence-electron chi connectivity index (χ0n) is 18.8. The van der Waals surface area contributed by atoms with E-state index in [0.717, 1.165) is 68.6 Å². The van der Waals surface area contributed by atoms with E-state index in [1.165, 1.54) is 5.56 Å². The Kier molecular flexibility index (Phi) is 11.1. The molecule has 0 spiro atoms. The molecule has 9 heteroatoms. The van der Waals surface area contributed by atoms with Crippen LogP contribution in [0.2, 0.25) is 0 Å². The van der Waals surface area contributed by atoms with Crippen molar-refractivity contribution < 1.29 is 9.47 Å². The number of guanidine groups is 1. The Hall–Kier alpha value is -1.88. The van der Waals surface area contributed by atoms with Gasteiger partial charge in [0.25, 0.3) is 0 Å².